The van der Waals surface area contributed by atoms with Crippen LogP contribution in [0.25, 0.3) is 11.1 Å². The summed E-state index contributed by atoms with van der Waals surface area (Å²) in [5, 5.41) is 10.2. The summed E-state index contributed by atoms with van der Waals surface area (Å²) in [7, 11) is 0. The Kier molecular flexibility index (Phi) is 11.6. The van der Waals surface area contributed by atoms with Crippen LogP contribution in [0.3, 0.4) is 0 Å². The largest absolute Gasteiger partial charge is 0.489 e. The Balaban J connectivity index is 1.54. The molecular formula is C43H52N2O5. The van der Waals surface area contributed by atoms with Crippen LogP contribution in [0.1, 0.15) is 101 Å². The van der Waals surface area contributed by atoms with Gasteiger partial charge in [-0.1, -0.05) is 114 Å². The maximum absolute atomic E-state index is 14.1. The lowest BCUT2D eigenvalue weighted by atomic mass is 9.80. The number of aliphatic carboxylic acids is 1. The Morgan fingerprint density at radius 1 is 0.720 bits per heavy atom. The molecule has 7 heteroatoms. The van der Waals surface area contributed by atoms with E-state index in [0.29, 0.717) is 18.6 Å². The van der Waals surface area contributed by atoms with Crippen LogP contribution < -0.4 is 10.5 Å². The van der Waals surface area contributed by atoms with Crippen LogP contribution in [0.4, 0.5) is 0 Å². The van der Waals surface area contributed by atoms with Gasteiger partial charge in [0.15, 0.2) is 0 Å². The van der Waals surface area contributed by atoms with Crippen LogP contribution in [-0.2, 0) is 33.4 Å². The highest BCUT2D eigenvalue weighted by atomic mass is 16.5. The Morgan fingerprint density at radius 3 is 1.72 bits per heavy atom. The monoisotopic (exact) mass is 676 g/mol. The molecule has 0 heterocycles. The Morgan fingerprint density at radius 2 is 1.24 bits per heavy atom. The number of hydrogen-bond acceptors (Lipinski definition) is 4. The predicted molar refractivity (Wildman–Crippen MR) is 200 cm³/mol. The van der Waals surface area contributed by atoms with Gasteiger partial charge in [0.1, 0.15) is 18.4 Å². The van der Waals surface area contributed by atoms with E-state index in [4.69, 9.17) is 10.5 Å². The minimum absolute atomic E-state index is 0.000712. The maximum atomic E-state index is 14.1. The summed E-state index contributed by atoms with van der Waals surface area (Å²) < 4.78 is 6.30. The number of amides is 2. The Bertz CT molecular complexity index is 1750. The molecule has 4 aromatic rings. The molecule has 0 aliphatic rings. The number of carboxylic acids is 1. The number of hydrogen-bond donors (Lipinski definition) is 2. The molecule has 0 saturated heterocycles. The van der Waals surface area contributed by atoms with Gasteiger partial charge in [-0.3, -0.25) is 9.59 Å². The van der Waals surface area contributed by atoms with Crippen LogP contribution in [0.15, 0.2) is 97.1 Å². The van der Waals surface area contributed by atoms with Crippen molar-refractivity contribution < 1.29 is 24.2 Å². The SMILES string of the molecule is CC(C)(C)c1cc(OCc2ccc(-c3ccc(C(=O)N([C@@H](CCC(N)=O)C(=O)O)C(C)(C)Cc4ccccc4)cc3)cc2)cc(C(C)(C)C)c1. The molecule has 0 unspecified atom stereocenters. The van der Waals surface area contributed by atoms with Crippen LogP contribution in [0.5, 0.6) is 5.75 Å². The number of benzene rings is 4. The molecule has 264 valence electrons. The molecule has 0 aliphatic heterocycles. The van der Waals surface area contributed by atoms with Crippen molar-refractivity contribution in [2.45, 2.75) is 104 Å². The van der Waals surface area contributed by atoms with E-state index in [-0.39, 0.29) is 23.7 Å². The zero-order valence-electron chi connectivity index (χ0n) is 30.7. The van der Waals surface area contributed by atoms with Gasteiger partial charge in [0.05, 0.1) is 0 Å². The minimum atomic E-state index is -1.24. The lowest BCUT2D eigenvalue weighted by Crippen LogP contribution is -2.57. The standard InChI is InChI=1S/C43H52N2O5/c1-41(2,3)34-24-35(42(4,5)6)26-36(25-34)50-28-30-14-16-31(17-15-30)32-18-20-33(21-19-32)39(47)45(37(40(48)49)22-23-38(44)46)43(7,8)27-29-12-10-9-11-13-29/h9-21,24-26,37H,22-23,27-28H2,1-8H3,(H2,44,46)(H,48,49)/t37-/m0/s1. The van der Waals surface area contributed by atoms with Gasteiger partial charge in [-0.05, 0) is 95.2 Å². The summed E-state index contributed by atoms with van der Waals surface area (Å²) in [4.78, 5) is 39.7. The smallest absolute Gasteiger partial charge is 0.326 e. The number of carbonyl (C=O) groups is 3. The van der Waals surface area contributed by atoms with Crippen LogP contribution in [0.2, 0.25) is 0 Å². The number of carboxylic acid groups (broad SMARTS) is 1. The van der Waals surface area contributed by atoms with Crippen molar-refractivity contribution in [3.05, 3.63) is 125 Å². The minimum Gasteiger partial charge on any atom is -0.489 e. The van der Waals surface area contributed by atoms with E-state index in [1.807, 2.05) is 80.6 Å². The summed E-state index contributed by atoms with van der Waals surface area (Å²) in [6, 6.07) is 30.2. The third kappa shape index (κ3) is 9.84. The molecule has 0 fully saturated rings. The van der Waals surface area contributed by atoms with E-state index >= 15 is 0 Å². The van der Waals surface area contributed by atoms with E-state index < -0.39 is 29.4 Å². The highest BCUT2D eigenvalue weighted by Gasteiger charge is 2.40. The van der Waals surface area contributed by atoms with Gasteiger partial charge in [-0.25, -0.2) is 4.79 Å². The molecule has 0 aromatic heterocycles. The second-order valence-electron chi connectivity index (χ2n) is 15.8. The third-order valence-electron chi connectivity index (χ3n) is 9.07. The topological polar surface area (TPSA) is 110 Å². The normalized spacial score (nSPS) is 12.6. The fraction of sp³-hybridized carbons (Fsp3) is 0.372. The molecule has 0 radical (unpaired) electrons. The fourth-order valence-electron chi connectivity index (χ4n) is 6.11. The molecule has 50 heavy (non-hydrogen) atoms. The molecule has 0 aliphatic carbocycles. The molecule has 0 bridgehead atoms. The van der Waals surface area contributed by atoms with Crippen molar-refractivity contribution in [1.82, 2.24) is 4.90 Å². The van der Waals surface area contributed by atoms with E-state index in [1.165, 1.54) is 16.0 Å². The van der Waals surface area contributed by atoms with Crippen LogP contribution in [-0.4, -0.2) is 39.4 Å². The molecule has 4 aromatic carbocycles. The van der Waals surface area contributed by atoms with Crippen LogP contribution in [0, 0.1) is 0 Å². The van der Waals surface area contributed by atoms with Crippen molar-refractivity contribution in [1.29, 1.82) is 0 Å². The molecule has 7 nitrogen and oxygen atoms in total. The van der Waals surface area contributed by atoms with Gasteiger partial charge in [0.25, 0.3) is 5.91 Å². The maximum Gasteiger partial charge on any atom is 0.326 e. The van der Waals surface area contributed by atoms with Crippen molar-refractivity contribution >= 4 is 17.8 Å². The predicted octanol–water partition coefficient (Wildman–Crippen LogP) is 8.71. The molecule has 0 saturated carbocycles. The number of ether oxygens (including phenoxy) is 1. The summed E-state index contributed by atoms with van der Waals surface area (Å²) in [6.45, 7) is 17.4. The van der Waals surface area contributed by atoms with Gasteiger partial charge < -0.3 is 20.5 Å². The zero-order valence-corrected chi connectivity index (χ0v) is 30.7. The quantitative estimate of drug-likeness (QED) is 0.147. The van der Waals surface area contributed by atoms with Gasteiger partial charge >= 0.3 is 5.97 Å². The van der Waals surface area contributed by atoms with Crippen molar-refractivity contribution in [2.75, 3.05) is 0 Å². The fourth-order valence-corrected chi connectivity index (χ4v) is 6.11. The Hall–Kier alpha value is -4.91. The number of nitrogens with zero attached hydrogens (tertiary/aromatic N) is 1. The average molecular weight is 677 g/mol. The second kappa shape index (κ2) is 15.3. The average Bonchev–Trinajstić information content (AvgIpc) is 3.04. The Labute approximate surface area is 297 Å². The summed E-state index contributed by atoms with van der Waals surface area (Å²) in [5.41, 5.74) is 11.2. The van der Waals surface area contributed by atoms with Crippen molar-refractivity contribution in [3.63, 3.8) is 0 Å². The summed E-state index contributed by atoms with van der Waals surface area (Å²) in [5.74, 6) is -1.37. The first-order valence-electron chi connectivity index (χ1n) is 17.2. The number of primary amides is 1. The summed E-state index contributed by atoms with van der Waals surface area (Å²) in [6.07, 6.45) is 0.194. The third-order valence-corrected chi connectivity index (χ3v) is 9.07. The van der Waals surface area contributed by atoms with E-state index in [9.17, 15) is 19.5 Å². The molecule has 1 atom stereocenters. The van der Waals surface area contributed by atoms with Gasteiger partial charge in [0.2, 0.25) is 5.91 Å². The molecular weight excluding hydrogens is 624 g/mol. The lowest BCUT2D eigenvalue weighted by molar-refractivity contribution is -0.144. The van der Waals surface area contributed by atoms with Gasteiger partial charge in [-0.2, -0.15) is 0 Å². The van der Waals surface area contributed by atoms with Gasteiger partial charge in [0, 0.05) is 17.5 Å². The van der Waals surface area contributed by atoms with Gasteiger partial charge in [-0.15, -0.1) is 0 Å². The second-order valence-corrected chi connectivity index (χ2v) is 15.8. The lowest BCUT2D eigenvalue weighted by Gasteiger charge is -2.42. The number of carbonyl (C=O) groups excluding carboxylic acids is 2. The first-order valence-corrected chi connectivity index (χ1v) is 17.2. The number of nitrogens with two attached hydrogens (primary N) is 1. The highest BCUT2D eigenvalue weighted by Crippen LogP contribution is 2.34. The zero-order chi connectivity index (χ0) is 36.9. The van der Waals surface area contributed by atoms with E-state index in [1.54, 1.807) is 12.1 Å². The molecule has 3 N–H and O–H groups in total. The highest BCUT2D eigenvalue weighted by molar-refractivity contribution is 5.97. The first kappa shape index (κ1) is 37.9. The molecule has 2 amide bonds. The van der Waals surface area contributed by atoms with Crippen molar-refractivity contribution in [2.24, 2.45) is 5.73 Å². The van der Waals surface area contributed by atoms with Crippen molar-refractivity contribution in [3.8, 4) is 16.9 Å². The molecule has 0 spiro atoms. The summed E-state index contributed by atoms with van der Waals surface area (Å²) >= 11 is 0. The van der Waals surface area contributed by atoms with E-state index in [0.717, 1.165) is 28.0 Å². The molecule has 4 rings (SSSR count). The van der Waals surface area contributed by atoms with Crippen LogP contribution >= 0.6 is 0 Å². The number of rotatable bonds is 13. The van der Waals surface area contributed by atoms with E-state index in [2.05, 4.69) is 59.7 Å². The first-order chi connectivity index (χ1) is 23.3.